The van der Waals surface area contributed by atoms with Crippen molar-refractivity contribution in [3.05, 3.63) is 29.3 Å². The summed E-state index contributed by atoms with van der Waals surface area (Å²) in [5.41, 5.74) is 3.31. The minimum absolute atomic E-state index is 0.163. The predicted octanol–water partition coefficient (Wildman–Crippen LogP) is 3.69. The number of carbonyl (C=O) groups is 1. The van der Waals surface area contributed by atoms with E-state index in [0.29, 0.717) is 5.41 Å². The van der Waals surface area contributed by atoms with Crippen LogP contribution in [0.2, 0.25) is 0 Å². The SMILES string of the molecule is CCNc1cc(C)ccc1C(=O)N1CCC(C)(C)CC1. The van der Waals surface area contributed by atoms with Crippen molar-refractivity contribution in [2.45, 2.75) is 40.5 Å². The van der Waals surface area contributed by atoms with Crippen molar-refractivity contribution in [1.29, 1.82) is 0 Å². The van der Waals surface area contributed by atoms with Gasteiger partial charge >= 0.3 is 0 Å². The normalized spacial score (nSPS) is 17.9. The van der Waals surface area contributed by atoms with E-state index < -0.39 is 0 Å². The van der Waals surface area contributed by atoms with Gasteiger partial charge in [-0.2, -0.15) is 0 Å². The summed E-state index contributed by atoms with van der Waals surface area (Å²) in [6.45, 7) is 11.2. The lowest BCUT2D eigenvalue weighted by Gasteiger charge is -2.37. The maximum Gasteiger partial charge on any atom is 0.255 e. The van der Waals surface area contributed by atoms with Crippen LogP contribution in [0.25, 0.3) is 0 Å². The minimum Gasteiger partial charge on any atom is -0.385 e. The Morgan fingerprint density at radius 1 is 1.30 bits per heavy atom. The molecular formula is C17H26N2O. The first-order chi connectivity index (χ1) is 9.43. The Hall–Kier alpha value is -1.51. The van der Waals surface area contributed by atoms with Crippen LogP contribution < -0.4 is 5.32 Å². The fraction of sp³-hybridized carbons (Fsp3) is 0.588. The predicted molar refractivity (Wildman–Crippen MR) is 84.3 cm³/mol. The van der Waals surface area contributed by atoms with Crippen molar-refractivity contribution in [2.75, 3.05) is 25.0 Å². The van der Waals surface area contributed by atoms with E-state index in [9.17, 15) is 4.79 Å². The number of nitrogens with one attached hydrogen (secondary N) is 1. The number of aryl methyl sites for hydroxylation is 1. The second-order valence-electron chi connectivity index (χ2n) is 6.54. The molecule has 1 aliphatic heterocycles. The van der Waals surface area contributed by atoms with Gasteiger partial charge in [0, 0.05) is 25.3 Å². The summed E-state index contributed by atoms with van der Waals surface area (Å²) in [4.78, 5) is 14.7. The van der Waals surface area contributed by atoms with E-state index >= 15 is 0 Å². The lowest BCUT2D eigenvalue weighted by atomic mass is 9.82. The Kier molecular flexibility index (Phi) is 4.36. The number of hydrogen-bond acceptors (Lipinski definition) is 2. The maximum atomic E-state index is 12.7. The third-order valence-electron chi connectivity index (χ3n) is 4.18. The Morgan fingerprint density at radius 3 is 2.55 bits per heavy atom. The Labute approximate surface area is 122 Å². The highest BCUT2D eigenvalue weighted by Gasteiger charge is 2.29. The van der Waals surface area contributed by atoms with Crippen LogP contribution in [0.15, 0.2) is 18.2 Å². The third kappa shape index (κ3) is 3.33. The summed E-state index contributed by atoms with van der Waals surface area (Å²) < 4.78 is 0. The zero-order valence-electron chi connectivity index (χ0n) is 13.1. The van der Waals surface area contributed by atoms with Crippen LogP contribution in [0.3, 0.4) is 0 Å². The molecule has 0 spiro atoms. The van der Waals surface area contributed by atoms with Gasteiger partial charge in [-0.25, -0.2) is 0 Å². The molecule has 1 N–H and O–H groups in total. The van der Waals surface area contributed by atoms with Crippen LogP contribution >= 0.6 is 0 Å². The molecule has 110 valence electrons. The van der Waals surface area contributed by atoms with Gasteiger partial charge in [0.25, 0.3) is 5.91 Å². The smallest absolute Gasteiger partial charge is 0.255 e. The Balaban J connectivity index is 2.17. The number of anilines is 1. The van der Waals surface area contributed by atoms with Crippen LogP contribution in [0.1, 0.15) is 49.5 Å². The zero-order valence-corrected chi connectivity index (χ0v) is 13.1. The highest BCUT2D eigenvalue weighted by molar-refractivity contribution is 5.99. The largest absolute Gasteiger partial charge is 0.385 e. The summed E-state index contributed by atoms with van der Waals surface area (Å²) in [5, 5.41) is 3.31. The molecule has 1 saturated heterocycles. The molecule has 1 amide bonds. The topological polar surface area (TPSA) is 32.3 Å². The Morgan fingerprint density at radius 2 is 1.95 bits per heavy atom. The number of likely N-dealkylation sites (tertiary alicyclic amines) is 1. The van der Waals surface area contributed by atoms with Gasteiger partial charge in [0.15, 0.2) is 0 Å². The molecule has 0 unspecified atom stereocenters. The van der Waals surface area contributed by atoms with Gasteiger partial charge < -0.3 is 10.2 Å². The van der Waals surface area contributed by atoms with Gasteiger partial charge in [-0.15, -0.1) is 0 Å². The molecule has 0 saturated carbocycles. The molecule has 3 nitrogen and oxygen atoms in total. The summed E-state index contributed by atoms with van der Waals surface area (Å²) in [5.74, 6) is 0.163. The van der Waals surface area contributed by atoms with Crippen molar-refractivity contribution in [1.82, 2.24) is 4.90 Å². The van der Waals surface area contributed by atoms with Gasteiger partial charge in [0.1, 0.15) is 0 Å². The van der Waals surface area contributed by atoms with Gasteiger partial charge in [-0.1, -0.05) is 19.9 Å². The standard InChI is InChI=1S/C17H26N2O/c1-5-18-15-12-13(2)6-7-14(15)16(20)19-10-8-17(3,4)9-11-19/h6-7,12,18H,5,8-11H2,1-4H3. The molecule has 1 aromatic rings. The van der Waals surface area contributed by atoms with Crippen molar-refractivity contribution in [2.24, 2.45) is 5.41 Å². The zero-order chi connectivity index (χ0) is 14.8. The summed E-state index contributed by atoms with van der Waals surface area (Å²) in [6, 6.07) is 6.03. The summed E-state index contributed by atoms with van der Waals surface area (Å²) in [7, 11) is 0. The van der Waals surface area contributed by atoms with Crippen molar-refractivity contribution in [3.63, 3.8) is 0 Å². The molecule has 2 rings (SSSR count). The number of amides is 1. The maximum absolute atomic E-state index is 12.7. The second kappa shape index (κ2) is 5.86. The van der Waals surface area contributed by atoms with Gasteiger partial charge in [-0.05, 0) is 49.8 Å². The van der Waals surface area contributed by atoms with Gasteiger partial charge in [0.2, 0.25) is 0 Å². The van der Waals surface area contributed by atoms with Crippen LogP contribution in [-0.2, 0) is 0 Å². The van der Waals surface area contributed by atoms with Crippen LogP contribution in [0.5, 0.6) is 0 Å². The molecule has 1 aliphatic rings. The Bertz CT molecular complexity index is 484. The van der Waals surface area contributed by atoms with Crippen molar-refractivity contribution < 1.29 is 4.79 Å². The van der Waals surface area contributed by atoms with E-state index in [4.69, 9.17) is 0 Å². The lowest BCUT2D eigenvalue weighted by molar-refractivity contribution is 0.0631. The van der Waals surface area contributed by atoms with E-state index in [1.54, 1.807) is 0 Å². The number of nitrogens with zero attached hydrogens (tertiary/aromatic N) is 1. The second-order valence-corrected chi connectivity index (χ2v) is 6.54. The van der Waals surface area contributed by atoms with Crippen LogP contribution in [-0.4, -0.2) is 30.4 Å². The molecule has 0 atom stereocenters. The molecule has 0 bridgehead atoms. The molecule has 0 aliphatic carbocycles. The van der Waals surface area contributed by atoms with E-state index in [1.807, 2.05) is 17.0 Å². The minimum atomic E-state index is 0.163. The number of piperidine rings is 1. The van der Waals surface area contributed by atoms with Crippen LogP contribution in [0, 0.1) is 12.3 Å². The molecule has 0 aromatic heterocycles. The third-order valence-corrected chi connectivity index (χ3v) is 4.18. The first kappa shape index (κ1) is 14.9. The van der Waals surface area contributed by atoms with Crippen molar-refractivity contribution >= 4 is 11.6 Å². The molecule has 0 radical (unpaired) electrons. The van der Waals surface area contributed by atoms with E-state index in [0.717, 1.165) is 43.7 Å². The highest BCUT2D eigenvalue weighted by atomic mass is 16.2. The van der Waals surface area contributed by atoms with E-state index in [2.05, 4.69) is 39.1 Å². The quantitative estimate of drug-likeness (QED) is 0.911. The monoisotopic (exact) mass is 274 g/mol. The van der Waals surface area contributed by atoms with Crippen LogP contribution in [0.4, 0.5) is 5.69 Å². The highest BCUT2D eigenvalue weighted by Crippen LogP contribution is 2.31. The van der Waals surface area contributed by atoms with E-state index in [-0.39, 0.29) is 5.91 Å². The molecule has 1 heterocycles. The average molecular weight is 274 g/mol. The number of hydrogen-bond donors (Lipinski definition) is 1. The molecule has 1 aromatic carbocycles. The molecule has 3 heteroatoms. The fourth-order valence-electron chi connectivity index (χ4n) is 2.67. The average Bonchev–Trinajstić information content (AvgIpc) is 2.38. The van der Waals surface area contributed by atoms with Crippen molar-refractivity contribution in [3.8, 4) is 0 Å². The first-order valence-electron chi connectivity index (χ1n) is 7.57. The fourth-order valence-corrected chi connectivity index (χ4v) is 2.67. The first-order valence-corrected chi connectivity index (χ1v) is 7.57. The number of rotatable bonds is 3. The van der Waals surface area contributed by atoms with E-state index in [1.165, 1.54) is 5.56 Å². The number of carbonyl (C=O) groups excluding carboxylic acids is 1. The molecule has 20 heavy (non-hydrogen) atoms. The molecular weight excluding hydrogens is 248 g/mol. The molecule has 1 fully saturated rings. The summed E-state index contributed by atoms with van der Waals surface area (Å²) in [6.07, 6.45) is 2.17. The number of benzene rings is 1. The van der Waals surface area contributed by atoms with Gasteiger partial charge in [-0.3, -0.25) is 4.79 Å². The summed E-state index contributed by atoms with van der Waals surface area (Å²) >= 11 is 0. The lowest BCUT2D eigenvalue weighted by Crippen LogP contribution is -2.41. The van der Waals surface area contributed by atoms with Gasteiger partial charge in [0.05, 0.1) is 5.56 Å².